The number of aryl methyl sites for hydroxylation is 1. The third-order valence-corrected chi connectivity index (χ3v) is 2.89. The van der Waals surface area contributed by atoms with Crippen molar-refractivity contribution in [3.63, 3.8) is 0 Å². The quantitative estimate of drug-likeness (QED) is 0.699. The minimum atomic E-state index is -0.780. The largest absolute Gasteiger partial charge is 0.493 e. The predicted octanol–water partition coefficient (Wildman–Crippen LogP) is 4.03. The zero-order valence-corrected chi connectivity index (χ0v) is 9.39. The maximum Gasteiger partial charge on any atom is 0.165 e. The van der Waals surface area contributed by atoms with Gasteiger partial charge in [-0.1, -0.05) is 12.1 Å². The Morgan fingerprint density at radius 1 is 1.19 bits per heavy atom. The van der Waals surface area contributed by atoms with E-state index in [1.807, 2.05) is 6.92 Å². The predicted molar refractivity (Wildman–Crippen MR) is 57.9 cm³/mol. The molecule has 1 aromatic carbocycles. The minimum Gasteiger partial charge on any atom is -0.493 e. The monoisotopic (exact) mass is 224 g/mol. The maximum atomic E-state index is 13.7. The Hall–Kier alpha value is -1.38. The summed E-state index contributed by atoms with van der Waals surface area (Å²) in [4.78, 5) is 0. The number of hydrogen-bond donors (Lipinski definition) is 0. The molecule has 0 spiro atoms. The number of allylic oxidation sites excluding steroid dienone is 1. The van der Waals surface area contributed by atoms with E-state index in [4.69, 9.17) is 4.74 Å². The van der Waals surface area contributed by atoms with Crippen LogP contribution in [0.1, 0.15) is 37.0 Å². The Labute approximate surface area is 93.7 Å². The normalized spacial score (nSPS) is 20.2. The van der Waals surface area contributed by atoms with Crippen LogP contribution < -0.4 is 0 Å². The van der Waals surface area contributed by atoms with E-state index in [1.165, 1.54) is 0 Å². The van der Waals surface area contributed by atoms with E-state index in [-0.39, 0.29) is 6.10 Å². The fourth-order valence-electron chi connectivity index (χ4n) is 1.82. The summed E-state index contributed by atoms with van der Waals surface area (Å²) in [6.07, 6.45) is 2.83. The number of ether oxygens (including phenoxy) is 1. The van der Waals surface area contributed by atoms with E-state index in [1.54, 1.807) is 25.3 Å². The molecule has 0 radical (unpaired) electrons. The molecule has 0 aromatic heterocycles. The van der Waals surface area contributed by atoms with Crippen molar-refractivity contribution in [3.8, 4) is 0 Å². The Bertz CT molecular complexity index is 438. The zero-order chi connectivity index (χ0) is 11.7. The van der Waals surface area contributed by atoms with Crippen LogP contribution in [0.15, 0.2) is 24.0 Å². The standard InChI is InChI=1S/C13H14F2O/c1-8-3-6-11(16-7-8)10-5-4-9(2)12(14)13(10)15/h4-5,7,11H,3,6H2,1-2H3. The first-order valence-corrected chi connectivity index (χ1v) is 5.35. The van der Waals surface area contributed by atoms with Crippen LogP contribution in [0.3, 0.4) is 0 Å². The van der Waals surface area contributed by atoms with Gasteiger partial charge in [0.1, 0.15) is 6.10 Å². The van der Waals surface area contributed by atoms with Crippen LogP contribution in [-0.2, 0) is 4.74 Å². The van der Waals surface area contributed by atoms with E-state index in [2.05, 4.69) is 0 Å². The average molecular weight is 224 g/mol. The molecular weight excluding hydrogens is 210 g/mol. The smallest absolute Gasteiger partial charge is 0.165 e. The Morgan fingerprint density at radius 3 is 2.56 bits per heavy atom. The van der Waals surface area contributed by atoms with Crippen molar-refractivity contribution in [2.75, 3.05) is 0 Å². The van der Waals surface area contributed by atoms with E-state index >= 15 is 0 Å². The van der Waals surface area contributed by atoms with Crippen LogP contribution in [0.2, 0.25) is 0 Å². The van der Waals surface area contributed by atoms with Crippen LogP contribution in [-0.4, -0.2) is 0 Å². The first kappa shape index (κ1) is 11.1. The molecule has 1 aromatic rings. The summed E-state index contributed by atoms with van der Waals surface area (Å²) >= 11 is 0. The van der Waals surface area contributed by atoms with Gasteiger partial charge in [0.15, 0.2) is 11.6 Å². The van der Waals surface area contributed by atoms with Crippen LogP contribution in [0.4, 0.5) is 8.78 Å². The highest BCUT2D eigenvalue weighted by molar-refractivity contribution is 5.27. The highest BCUT2D eigenvalue weighted by Crippen LogP contribution is 2.32. The van der Waals surface area contributed by atoms with Gasteiger partial charge in [0, 0.05) is 5.56 Å². The van der Waals surface area contributed by atoms with Crippen molar-refractivity contribution in [2.24, 2.45) is 0 Å². The highest BCUT2D eigenvalue weighted by atomic mass is 19.2. The second-order valence-corrected chi connectivity index (χ2v) is 4.23. The molecule has 16 heavy (non-hydrogen) atoms. The molecule has 0 N–H and O–H groups in total. The molecule has 1 unspecified atom stereocenters. The lowest BCUT2D eigenvalue weighted by Crippen LogP contribution is -2.09. The van der Waals surface area contributed by atoms with E-state index < -0.39 is 11.6 Å². The molecule has 1 nitrogen and oxygen atoms in total. The van der Waals surface area contributed by atoms with Crippen molar-refractivity contribution < 1.29 is 13.5 Å². The van der Waals surface area contributed by atoms with Gasteiger partial charge < -0.3 is 4.74 Å². The highest BCUT2D eigenvalue weighted by Gasteiger charge is 2.22. The molecule has 0 fully saturated rings. The Kier molecular flexibility index (Phi) is 2.95. The summed E-state index contributed by atoms with van der Waals surface area (Å²) in [7, 11) is 0. The summed E-state index contributed by atoms with van der Waals surface area (Å²) in [6, 6.07) is 3.19. The van der Waals surface area contributed by atoms with Gasteiger partial charge in [0.05, 0.1) is 6.26 Å². The molecule has 2 rings (SSSR count). The third kappa shape index (κ3) is 1.94. The molecule has 0 aliphatic carbocycles. The summed E-state index contributed by atoms with van der Waals surface area (Å²) in [5.41, 5.74) is 1.76. The topological polar surface area (TPSA) is 9.23 Å². The van der Waals surface area contributed by atoms with E-state index in [9.17, 15) is 8.78 Å². The summed E-state index contributed by atoms with van der Waals surface area (Å²) in [5.74, 6) is -1.55. The Balaban J connectivity index is 2.32. The molecule has 0 saturated carbocycles. The first-order valence-electron chi connectivity index (χ1n) is 5.35. The lowest BCUT2D eigenvalue weighted by Gasteiger charge is -2.22. The number of hydrogen-bond acceptors (Lipinski definition) is 1. The molecule has 0 saturated heterocycles. The molecule has 1 atom stereocenters. The molecule has 86 valence electrons. The molecule has 1 heterocycles. The van der Waals surface area contributed by atoms with Gasteiger partial charge in [-0.05, 0) is 37.8 Å². The van der Waals surface area contributed by atoms with E-state index in [0.29, 0.717) is 17.5 Å². The first-order chi connectivity index (χ1) is 7.59. The van der Waals surface area contributed by atoms with Crippen molar-refractivity contribution in [3.05, 3.63) is 46.7 Å². The zero-order valence-electron chi connectivity index (χ0n) is 9.39. The molecule has 0 amide bonds. The van der Waals surface area contributed by atoms with Crippen molar-refractivity contribution >= 4 is 0 Å². The summed E-state index contributed by atoms with van der Waals surface area (Å²) in [6.45, 7) is 3.51. The molecule has 1 aliphatic rings. The third-order valence-electron chi connectivity index (χ3n) is 2.89. The second-order valence-electron chi connectivity index (χ2n) is 4.23. The Morgan fingerprint density at radius 2 is 1.94 bits per heavy atom. The minimum absolute atomic E-state index is 0.312. The van der Waals surface area contributed by atoms with Crippen LogP contribution >= 0.6 is 0 Å². The van der Waals surface area contributed by atoms with E-state index in [0.717, 1.165) is 12.0 Å². The number of rotatable bonds is 1. The van der Waals surface area contributed by atoms with Gasteiger partial charge in [0.2, 0.25) is 0 Å². The molecular formula is C13H14F2O. The number of halogens is 2. The van der Waals surface area contributed by atoms with Gasteiger partial charge >= 0.3 is 0 Å². The summed E-state index contributed by atoms with van der Waals surface area (Å²) < 4.78 is 32.4. The van der Waals surface area contributed by atoms with Gasteiger partial charge in [-0.15, -0.1) is 0 Å². The number of benzene rings is 1. The van der Waals surface area contributed by atoms with Gasteiger partial charge in [-0.3, -0.25) is 0 Å². The lowest BCUT2D eigenvalue weighted by molar-refractivity contribution is 0.116. The van der Waals surface area contributed by atoms with Gasteiger partial charge in [-0.25, -0.2) is 8.78 Å². The maximum absolute atomic E-state index is 13.7. The lowest BCUT2D eigenvalue weighted by atomic mass is 9.98. The van der Waals surface area contributed by atoms with Crippen LogP contribution in [0, 0.1) is 18.6 Å². The fraction of sp³-hybridized carbons (Fsp3) is 0.385. The van der Waals surface area contributed by atoms with Crippen LogP contribution in [0.25, 0.3) is 0 Å². The van der Waals surface area contributed by atoms with Crippen molar-refractivity contribution in [1.29, 1.82) is 0 Å². The van der Waals surface area contributed by atoms with Crippen molar-refractivity contribution in [1.82, 2.24) is 0 Å². The second kappa shape index (κ2) is 4.24. The molecule has 0 bridgehead atoms. The molecule has 3 heteroatoms. The summed E-state index contributed by atoms with van der Waals surface area (Å²) in [5, 5.41) is 0. The van der Waals surface area contributed by atoms with Crippen molar-refractivity contribution in [2.45, 2.75) is 32.8 Å². The SMILES string of the molecule is CC1=COC(c2ccc(C)c(F)c2F)CC1. The van der Waals surface area contributed by atoms with Crippen LogP contribution in [0.5, 0.6) is 0 Å². The van der Waals surface area contributed by atoms with Gasteiger partial charge in [-0.2, -0.15) is 0 Å². The van der Waals surface area contributed by atoms with Gasteiger partial charge in [0.25, 0.3) is 0 Å². The fourth-order valence-corrected chi connectivity index (χ4v) is 1.82. The average Bonchev–Trinajstić information content (AvgIpc) is 2.28. The molecule has 1 aliphatic heterocycles.